The molecular weight excluding hydrogens is 162 g/mol. The highest BCUT2D eigenvalue weighted by Gasteiger charge is 2.33. The Hall–Kier alpha value is -0.0800. The highest BCUT2D eigenvalue weighted by atomic mass is 16.5. The molecule has 0 radical (unpaired) electrons. The Morgan fingerprint density at radius 2 is 2.00 bits per heavy atom. The summed E-state index contributed by atoms with van der Waals surface area (Å²) in [6.45, 7) is 2.95. The molecule has 0 spiro atoms. The lowest BCUT2D eigenvalue weighted by atomic mass is 9.77. The van der Waals surface area contributed by atoms with Gasteiger partial charge < -0.3 is 10.5 Å². The van der Waals surface area contributed by atoms with Crippen molar-refractivity contribution in [3.8, 4) is 0 Å². The Morgan fingerprint density at radius 3 is 2.38 bits per heavy atom. The summed E-state index contributed by atoms with van der Waals surface area (Å²) in [6, 6.07) is 0. The summed E-state index contributed by atoms with van der Waals surface area (Å²) >= 11 is 0. The van der Waals surface area contributed by atoms with E-state index in [4.69, 9.17) is 10.5 Å². The first-order valence-corrected chi connectivity index (χ1v) is 5.51. The molecule has 2 nitrogen and oxygen atoms in total. The summed E-state index contributed by atoms with van der Waals surface area (Å²) in [5.41, 5.74) is 5.76. The Bertz CT molecular complexity index is 133. The van der Waals surface area contributed by atoms with Gasteiger partial charge in [0.1, 0.15) is 0 Å². The molecule has 1 saturated carbocycles. The lowest BCUT2D eigenvalue weighted by molar-refractivity contribution is -0.0421. The van der Waals surface area contributed by atoms with Crippen molar-refractivity contribution in [3.63, 3.8) is 0 Å². The van der Waals surface area contributed by atoms with Gasteiger partial charge in [0.2, 0.25) is 0 Å². The highest BCUT2D eigenvalue weighted by Crippen LogP contribution is 2.35. The Morgan fingerprint density at radius 1 is 1.38 bits per heavy atom. The van der Waals surface area contributed by atoms with Gasteiger partial charge in [-0.2, -0.15) is 0 Å². The molecule has 2 heteroatoms. The first-order valence-electron chi connectivity index (χ1n) is 5.51. The lowest BCUT2D eigenvalue weighted by Gasteiger charge is -2.38. The van der Waals surface area contributed by atoms with Gasteiger partial charge in [0, 0.05) is 13.7 Å². The van der Waals surface area contributed by atoms with Gasteiger partial charge in [0.25, 0.3) is 0 Å². The molecule has 0 heterocycles. The van der Waals surface area contributed by atoms with Crippen molar-refractivity contribution in [3.05, 3.63) is 0 Å². The first kappa shape index (κ1) is 11.0. The van der Waals surface area contributed by atoms with E-state index in [1.807, 2.05) is 0 Å². The zero-order valence-corrected chi connectivity index (χ0v) is 9.01. The average molecular weight is 185 g/mol. The maximum absolute atomic E-state index is 5.74. The van der Waals surface area contributed by atoms with E-state index in [1.165, 1.54) is 25.7 Å². The highest BCUT2D eigenvalue weighted by molar-refractivity contribution is 4.87. The number of ether oxygens (including phenoxy) is 1. The minimum absolute atomic E-state index is 0.0181. The zero-order valence-electron chi connectivity index (χ0n) is 9.01. The average Bonchev–Trinajstić information content (AvgIpc) is 2.20. The number of rotatable bonds is 4. The summed E-state index contributed by atoms with van der Waals surface area (Å²) in [4.78, 5) is 0. The second-order valence-corrected chi connectivity index (χ2v) is 4.32. The third-order valence-corrected chi connectivity index (χ3v) is 3.52. The molecule has 0 atom stereocenters. The van der Waals surface area contributed by atoms with Gasteiger partial charge in [-0.1, -0.05) is 19.8 Å². The number of hydrogen-bond acceptors (Lipinski definition) is 2. The Balaban J connectivity index is 2.36. The van der Waals surface area contributed by atoms with Gasteiger partial charge in [-0.3, -0.25) is 0 Å². The standard InChI is InChI=1S/C11H23NO/c1-3-4-10-5-7-11(9-12,13-2)8-6-10/h10H,3-9,12H2,1-2H3. The van der Waals surface area contributed by atoms with Crippen molar-refractivity contribution in [2.75, 3.05) is 13.7 Å². The van der Waals surface area contributed by atoms with Crippen LogP contribution < -0.4 is 5.73 Å². The van der Waals surface area contributed by atoms with Crippen LogP contribution in [0.25, 0.3) is 0 Å². The fourth-order valence-electron chi connectivity index (χ4n) is 2.39. The SMILES string of the molecule is CCCC1CCC(CN)(OC)CC1. The quantitative estimate of drug-likeness (QED) is 0.729. The van der Waals surface area contributed by atoms with Crippen molar-refractivity contribution >= 4 is 0 Å². The zero-order chi connectivity index (χ0) is 9.73. The van der Waals surface area contributed by atoms with Gasteiger partial charge in [-0.15, -0.1) is 0 Å². The maximum Gasteiger partial charge on any atom is 0.0800 e. The molecule has 1 fully saturated rings. The summed E-state index contributed by atoms with van der Waals surface area (Å²) < 4.78 is 5.53. The van der Waals surface area contributed by atoms with Gasteiger partial charge in [0.15, 0.2) is 0 Å². The molecule has 0 aromatic carbocycles. The summed E-state index contributed by atoms with van der Waals surface area (Å²) in [5, 5.41) is 0. The van der Waals surface area contributed by atoms with Crippen LogP contribution in [-0.2, 0) is 4.74 Å². The van der Waals surface area contributed by atoms with E-state index in [-0.39, 0.29) is 5.60 Å². The molecule has 0 unspecified atom stereocenters. The van der Waals surface area contributed by atoms with Crippen LogP contribution in [0.5, 0.6) is 0 Å². The summed E-state index contributed by atoms with van der Waals surface area (Å²) in [5.74, 6) is 0.930. The van der Waals surface area contributed by atoms with Crippen molar-refractivity contribution in [2.24, 2.45) is 11.7 Å². The van der Waals surface area contributed by atoms with E-state index in [0.29, 0.717) is 6.54 Å². The van der Waals surface area contributed by atoms with E-state index in [2.05, 4.69) is 6.92 Å². The molecule has 78 valence electrons. The minimum Gasteiger partial charge on any atom is -0.377 e. The molecular formula is C11H23NO. The molecule has 0 bridgehead atoms. The van der Waals surface area contributed by atoms with E-state index in [0.717, 1.165) is 18.8 Å². The van der Waals surface area contributed by atoms with E-state index in [1.54, 1.807) is 7.11 Å². The molecule has 0 aliphatic heterocycles. The van der Waals surface area contributed by atoms with Crippen LogP contribution in [0.1, 0.15) is 45.4 Å². The molecule has 0 aromatic heterocycles. The summed E-state index contributed by atoms with van der Waals surface area (Å²) in [7, 11) is 1.80. The molecule has 0 saturated heterocycles. The van der Waals surface area contributed by atoms with Crippen LogP contribution in [0.2, 0.25) is 0 Å². The van der Waals surface area contributed by atoms with Crippen LogP contribution in [0.3, 0.4) is 0 Å². The topological polar surface area (TPSA) is 35.2 Å². The third-order valence-electron chi connectivity index (χ3n) is 3.52. The Labute approximate surface area is 81.8 Å². The third kappa shape index (κ3) is 2.68. The molecule has 13 heavy (non-hydrogen) atoms. The van der Waals surface area contributed by atoms with Crippen molar-refractivity contribution in [2.45, 2.75) is 51.0 Å². The summed E-state index contributed by atoms with van der Waals surface area (Å²) in [6.07, 6.45) is 7.62. The maximum atomic E-state index is 5.74. The number of hydrogen-bond donors (Lipinski definition) is 1. The van der Waals surface area contributed by atoms with Crippen LogP contribution >= 0.6 is 0 Å². The van der Waals surface area contributed by atoms with Gasteiger partial charge in [-0.25, -0.2) is 0 Å². The molecule has 1 aliphatic carbocycles. The largest absolute Gasteiger partial charge is 0.377 e. The van der Waals surface area contributed by atoms with Crippen molar-refractivity contribution in [1.29, 1.82) is 0 Å². The number of methoxy groups -OCH3 is 1. The molecule has 0 amide bonds. The fraction of sp³-hybridized carbons (Fsp3) is 1.00. The van der Waals surface area contributed by atoms with E-state index >= 15 is 0 Å². The van der Waals surface area contributed by atoms with Gasteiger partial charge >= 0.3 is 0 Å². The molecule has 1 aliphatic rings. The smallest absolute Gasteiger partial charge is 0.0800 e. The van der Waals surface area contributed by atoms with Gasteiger partial charge in [-0.05, 0) is 31.6 Å². The molecule has 0 aromatic rings. The van der Waals surface area contributed by atoms with Crippen LogP contribution in [-0.4, -0.2) is 19.3 Å². The van der Waals surface area contributed by atoms with Crippen LogP contribution in [0.4, 0.5) is 0 Å². The van der Waals surface area contributed by atoms with E-state index < -0.39 is 0 Å². The fourth-order valence-corrected chi connectivity index (χ4v) is 2.39. The predicted molar refractivity (Wildman–Crippen MR) is 55.7 cm³/mol. The van der Waals surface area contributed by atoms with E-state index in [9.17, 15) is 0 Å². The monoisotopic (exact) mass is 185 g/mol. The Kier molecular flexibility index (Phi) is 4.20. The second-order valence-electron chi connectivity index (χ2n) is 4.32. The second kappa shape index (κ2) is 4.97. The first-order chi connectivity index (χ1) is 6.26. The predicted octanol–water partition coefficient (Wildman–Crippen LogP) is 2.32. The minimum atomic E-state index is 0.0181. The van der Waals surface area contributed by atoms with Crippen LogP contribution in [0, 0.1) is 5.92 Å². The molecule has 1 rings (SSSR count). The lowest BCUT2D eigenvalue weighted by Crippen LogP contribution is -2.43. The van der Waals surface area contributed by atoms with Crippen LogP contribution in [0.15, 0.2) is 0 Å². The van der Waals surface area contributed by atoms with Gasteiger partial charge in [0.05, 0.1) is 5.60 Å². The number of nitrogens with two attached hydrogens (primary N) is 1. The molecule has 2 N–H and O–H groups in total. The van der Waals surface area contributed by atoms with Crippen molar-refractivity contribution < 1.29 is 4.74 Å². The normalized spacial score (nSPS) is 34.8. The van der Waals surface area contributed by atoms with Crippen molar-refractivity contribution in [1.82, 2.24) is 0 Å².